The van der Waals surface area contributed by atoms with Crippen molar-refractivity contribution in [3.05, 3.63) is 48.0 Å². The van der Waals surface area contributed by atoms with Gasteiger partial charge in [0.15, 0.2) is 0 Å². The fraction of sp³-hybridized carbons (Fsp3) is 0.556. The van der Waals surface area contributed by atoms with Gasteiger partial charge in [0.2, 0.25) is 0 Å². The maximum Gasteiger partial charge on any atom is 0.0476 e. The molecule has 1 aromatic rings. The summed E-state index contributed by atoms with van der Waals surface area (Å²) in [5.41, 5.74) is 2.71. The van der Waals surface area contributed by atoms with Crippen LogP contribution in [-0.2, 0) is 0 Å². The minimum atomic E-state index is 0.135. The van der Waals surface area contributed by atoms with Crippen molar-refractivity contribution in [2.75, 3.05) is 19.6 Å². The predicted molar refractivity (Wildman–Crippen MR) is 89.0 cm³/mol. The molecule has 1 unspecified atom stereocenters. The van der Waals surface area contributed by atoms with Gasteiger partial charge in [0.05, 0.1) is 0 Å². The number of benzene rings is 1. The molecule has 1 atom stereocenters. The molecule has 2 heteroatoms. The second-order valence-corrected chi connectivity index (χ2v) is 6.58. The normalized spacial score (nSPS) is 13.5. The lowest BCUT2D eigenvalue weighted by molar-refractivity contribution is 0.207. The monoisotopic (exact) mass is 274 g/mol. The van der Waals surface area contributed by atoms with Crippen molar-refractivity contribution >= 4 is 0 Å². The Labute approximate surface area is 124 Å². The van der Waals surface area contributed by atoms with Gasteiger partial charge >= 0.3 is 0 Å². The Hall–Kier alpha value is -1.12. The highest BCUT2D eigenvalue weighted by atomic mass is 15.2. The number of likely N-dealkylation sites (N-methyl/N-ethyl adjacent to an activating group) is 1. The summed E-state index contributed by atoms with van der Waals surface area (Å²) in [6.07, 6.45) is 0. The summed E-state index contributed by atoms with van der Waals surface area (Å²) in [6, 6.07) is 11.1. The van der Waals surface area contributed by atoms with Crippen LogP contribution < -0.4 is 5.32 Å². The van der Waals surface area contributed by atoms with E-state index in [-0.39, 0.29) is 5.54 Å². The Morgan fingerprint density at radius 2 is 1.85 bits per heavy atom. The third-order valence-electron chi connectivity index (χ3n) is 3.33. The van der Waals surface area contributed by atoms with Gasteiger partial charge in [-0.3, -0.25) is 4.90 Å². The maximum absolute atomic E-state index is 4.07. The van der Waals surface area contributed by atoms with E-state index in [4.69, 9.17) is 0 Å². The molecule has 0 radical (unpaired) electrons. The van der Waals surface area contributed by atoms with E-state index in [1.54, 1.807) is 0 Å². The zero-order valence-electron chi connectivity index (χ0n) is 13.7. The first kappa shape index (κ1) is 16.9. The third kappa shape index (κ3) is 5.89. The molecule has 0 heterocycles. The van der Waals surface area contributed by atoms with Gasteiger partial charge in [0.1, 0.15) is 0 Å². The Kier molecular flexibility index (Phi) is 6.44. The molecule has 1 rings (SSSR count). The first-order chi connectivity index (χ1) is 9.33. The average molecular weight is 274 g/mol. The van der Waals surface area contributed by atoms with E-state index in [1.807, 2.05) is 0 Å². The van der Waals surface area contributed by atoms with Crippen molar-refractivity contribution in [1.82, 2.24) is 10.2 Å². The van der Waals surface area contributed by atoms with Crippen molar-refractivity contribution in [3.63, 3.8) is 0 Å². The van der Waals surface area contributed by atoms with E-state index >= 15 is 0 Å². The molecule has 0 saturated carbocycles. The summed E-state index contributed by atoms with van der Waals surface area (Å²) >= 11 is 0. The molecule has 0 aliphatic rings. The molecule has 112 valence electrons. The molecule has 2 nitrogen and oxygen atoms in total. The van der Waals surface area contributed by atoms with Crippen molar-refractivity contribution in [3.8, 4) is 0 Å². The van der Waals surface area contributed by atoms with Gasteiger partial charge in [-0.25, -0.2) is 0 Å². The Balaban J connectivity index is 2.91. The van der Waals surface area contributed by atoms with Gasteiger partial charge in [-0.1, -0.05) is 49.4 Å². The van der Waals surface area contributed by atoms with E-state index in [1.165, 1.54) is 11.1 Å². The van der Waals surface area contributed by atoms with Gasteiger partial charge in [-0.05, 0) is 39.8 Å². The number of rotatable bonds is 7. The summed E-state index contributed by atoms with van der Waals surface area (Å²) in [6.45, 7) is 17.9. The van der Waals surface area contributed by atoms with Crippen LogP contribution in [0.25, 0.3) is 0 Å². The predicted octanol–water partition coefficient (Wildman–Crippen LogP) is 4.01. The zero-order chi connectivity index (χ0) is 15.2. The van der Waals surface area contributed by atoms with Crippen molar-refractivity contribution in [2.24, 2.45) is 0 Å². The van der Waals surface area contributed by atoms with Gasteiger partial charge < -0.3 is 5.32 Å². The molecule has 0 bridgehead atoms. The fourth-order valence-corrected chi connectivity index (χ4v) is 2.32. The molecular formula is C18H30N2. The molecule has 0 aromatic heterocycles. The van der Waals surface area contributed by atoms with Crippen LogP contribution in [0.1, 0.15) is 46.2 Å². The van der Waals surface area contributed by atoms with Crippen LogP contribution in [-0.4, -0.2) is 30.1 Å². The van der Waals surface area contributed by atoms with Crippen molar-refractivity contribution in [2.45, 2.75) is 46.2 Å². The maximum atomic E-state index is 4.07. The topological polar surface area (TPSA) is 15.3 Å². The first-order valence-corrected chi connectivity index (χ1v) is 7.52. The molecule has 1 aromatic carbocycles. The average Bonchev–Trinajstić information content (AvgIpc) is 2.37. The minimum Gasteiger partial charge on any atom is -0.310 e. The van der Waals surface area contributed by atoms with Gasteiger partial charge in [-0.15, -0.1) is 0 Å². The highest BCUT2D eigenvalue weighted by Gasteiger charge is 2.21. The SMILES string of the molecule is C=C(C)CN(CC)C(CNC(C)(C)C)c1ccccc1. The second-order valence-electron chi connectivity index (χ2n) is 6.58. The third-order valence-corrected chi connectivity index (χ3v) is 3.33. The number of hydrogen-bond donors (Lipinski definition) is 1. The summed E-state index contributed by atoms with van der Waals surface area (Å²) < 4.78 is 0. The Bertz CT molecular complexity index is 403. The van der Waals surface area contributed by atoms with E-state index in [0.717, 1.165) is 19.6 Å². The van der Waals surface area contributed by atoms with Crippen LogP contribution >= 0.6 is 0 Å². The van der Waals surface area contributed by atoms with Crippen LogP contribution in [0.3, 0.4) is 0 Å². The van der Waals surface area contributed by atoms with Gasteiger partial charge in [0.25, 0.3) is 0 Å². The van der Waals surface area contributed by atoms with Gasteiger partial charge in [-0.2, -0.15) is 0 Å². The molecule has 0 aliphatic carbocycles. The Morgan fingerprint density at radius 3 is 2.30 bits per heavy atom. The first-order valence-electron chi connectivity index (χ1n) is 7.52. The number of nitrogens with one attached hydrogen (secondary N) is 1. The van der Waals surface area contributed by atoms with Crippen LogP contribution in [0.15, 0.2) is 42.5 Å². The van der Waals surface area contributed by atoms with E-state index in [9.17, 15) is 0 Å². The fourth-order valence-electron chi connectivity index (χ4n) is 2.32. The standard InChI is InChI=1S/C18H30N2/c1-7-20(14-15(2)3)17(13-19-18(4,5)6)16-11-9-8-10-12-16/h8-12,17,19H,2,7,13-14H2,1,3-6H3. The van der Waals surface area contributed by atoms with E-state index < -0.39 is 0 Å². The second kappa shape index (κ2) is 7.61. The minimum absolute atomic E-state index is 0.135. The van der Waals surface area contributed by atoms with Crippen molar-refractivity contribution in [1.29, 1.82) is 0 Å². The number of hydrogen-bond acceptors (Lipinski definition) is 2. The van der Waals surface area contributed by atoms with E-state index in [2.05, 4.69) is 81.7 Å². The lowest BCUT2D eigenvalue weighted by atomic mass is 10.0. The molecule has 0 saturated heterocycles. The molecule has 0 fully saturated rings. The molecule has 0 aliphatic heterocycles. The largest absolute Gasteiger partial charge is 0.310 e. The highest BCUT2D eigenvalue weighted by molar-refractivity contribution is 5.20. The summed E-state index contributed by atoms with van der Waals surface area (Å²) in [5, 5.41) is 3.64. The molecule has 0 spiro atoms. The molecule has 1 N–H and O–H groups in total. The quantitative estimate of drug-likeness (QED) is 0.756. The molecule has 0 amide bonds. The zero-order valence-corrected chi connectivity index (χ0v) is 13.7. The number of nitrogens with zero attached hydrogens (tertiary/aromatic N) is 1. The van der Waals surface area contributed by atoms with E-state index in [0.29, 0.717) is 6.04 Å². The summed E-state index contributed by atoms with van der Waals surface area (Å²) in [5.74, 6) is 0. The summed E-state index contributed by atoms with van der Waals surface area (Å²) in [7, 11) is 0. The lowest BCUT2D eigenvalue weighted by Gasteiger charge is -2.34. The Morgan fingerprint density at radius 1 is 1.25 bits per heavy atom. The van der Waals surface area contributed by atoms with Gasteiger partial charge in [0, 0.05) is 24.7 Å². The van der Waals surface area contributed by atoms with Crippen LogP contribution in [0.4, 0.5) is 0 Å². The highest BCUT2D eigenvalue weighted by Crippen LogP contribution is 2.21. The smallest absolute Gasteiger partial charge is 0.0476 e. The lowest BCUT2D eigenvalue weighted by Crippen LogP contribution is -2.43. The van der Waals surface area contributed by atoms with Crippen molar-refractivity contribution < 1.29 is 0 Å². The molecular weight excluding hydrogens is 244 g/mol. The molecule has 20 heavy (non-hydrogen) atoms. The van der Waals surface area contributed by atoms with Crippen LogP contribution in [0.5, 0.6) is 0 Å². The van der Waals surface area contributed by atoms with Crippen LogP contribution in [0, 0.1) is 0 Å². The summed E-state index contributed by atoms with van der Waals surface area (Å²) in [4.78, 5) is 2.48. The van der Waals surface area contributed by atoms with Crippen LogP contribution in [0.2, 0.25) is 0 Å².